The van der Waals surface area contributed by atoms with Gasteiger partial charge in [0.05, 0.1) is 0 Å². The average Bonchev–Trinajstić information content (AvgIpc) is 1.69. The van der Waals surface area contributed by atoms with Crippen molar-refractivity contribution < 1.29 is 0 Å². The van der Waals surface area contributed by atoms with Crippen LogP contribution in [0.15, 0.2) is 5.18 Å². The van der Waals surface area contributed by atoms with Crippen molar-refractivity contribution in [2.75, 3.05) is 14.1 Å². The average molecular weight is 116 g/mol. The van der Waals surface area contributed by atoms with E-state index in [2.05, 4.69) is 5.18 Å². The molecule has 0 spiro atoms. The fourth-order valence-electron chi connectivity index (χ4n) is 0.534. The Morgan fingerprint density at radius 1 is 1.62 bits per heavy atom. The molecule has 1 unspecified atom stereocenters. The maximum Gasteiger partial charge on any atom is 0.144 e. The number of hydrogen-bond donors (Lipinski definition) is 0. The van der Waals surface area contributed by atoms with Gasteiger partial charge in [0.15, 0.2) is 0 Å². The van der Waals surface area contributed by atoms with Gasteiger partial charge in [-0.25, -0.2) is 0 Å². The van der Waals surface area contributed by atoms with Gasteiger partial charge in [0.25, 0.3) is 0 Å². The van der Waals surface area contributed by atoms with Crippen LogP contribution < -0.4 is 0 Å². The molecule has 0 saturated heterocycles. The second kappa shape index (κ2) is 3.55. The number of nitrogens with zero attached hydrogens (tertiary/aromatic N) is 2. The molecule has 0 bridgehead atoms. The van der Waals surface area contributed by atoms with Crippen LogP contribution in [0.2, 0.25) is 0 Å². The van der Waals surface area contributed by atoms with E-state index in [9.17, 15) is 4.91 Å². The van der Waals surface area contributed by atoms with E-state index >= 15 is 0 Å². The summed E-state index contributed by atoms with van der Waals surface area (Å²) in [5.41, 5.74) is 0. The van der Waals surface area contributed by atoms with E-state index in [1.807, 2.05) is 21.0 Å². The summed E-state index contributed by atoms with van der Waals surface area (Å²) in [6, 6.07) is 0. The topological polar surface area (TPSA) is 32.7 Å². The lowest BCUT2D eigenvalue weighted by Gasteiger charge is -2.13. The van der Waals surface area contributed by atoms with Gasteiger partial charge < -0.3 is 0 Å². The molecule has 8 heavy (non-hydrogen) atoms. The second-order valence-electron chi connectivity index (χ2n) is 1.96. The Bertz CT molecular complexity index is 72.8. The highest BCUT2D eigenvalue weighted by molar-refractivity contribution is 4.57. The van der Waals surface area contributed by atoms with Crippen molar-refractivity contribution >= 4 is 0 Å². The van der Waals surface area contributed by atoms with Crippen LogP contribution in [-0.4, -0.2) is 25.2 Å². The Morgan fingerprint density at radius 3 is 2.12 bits per heavy atom. The summed E-state index contributed by atoms with van der Waals surface area (Å²) in [4.78, 5) is 11.7. The molecular formula is C5H12N2O. The van der Waals surface area contributed by atoms with Gasteiger partial charge in [-0.2, -0.15) is 0 Å². The molecule has 0 amide bonds. The van der Waals surface area contributed by atoms with E-state index < -0.39 is 0 Å². The van der Waals surface area contributed by atoms with Crippen molar-refractivity contribution in [1.82, 2.24) is 4.90 Å². The standard InChI is InChI=1S/C5H12N2O/c1-4-5(6-8)7(2)3/h5H,4H2,1-3H3. The van der Waals surface area contributed by atoms with Gasteiger partial charge in [-0.15, -0.1) is 4.91 Å². The maximum atomic E-state index is 9.89. The van der Waals surface area contributed by atoms with Crippen LogP contribution in [0, 0.1) is 4.91 Å². The monoisotopic (exact) mass is 116 g/mol. The summed E-state index contributed by atoms with van der Waals surface area (Å²) < 4.78 is 0. The lowest BCUT2D eigenvalue weighted by Crippen LogP contribution is -2.24. The Balaban J connectivity index is 3.51. The van der Waals surface area contributed by atoms with Gasteiger partial charge in [-0.3, -0.25) is 4.90 Å². The summed E-state index contributed by atoms with van der Waals surface area (Å²) in [5.74, 6) is 0. The Hall–Kier alpha value is -0.440. The first-order valence-corrected chi connectivity index (χ1v) is 2.71. The number of nitroso groups, excluding NO2 is 1. The fraction of sp³-hybridized carbons (Fsp3) is 1.00. The molecule has 0 radical (unpaired) electrons. The highest BCUT2D eigenvalue weighted by atomic mass is 16.3. The zero-order chi connectivity index (χ0) is 6.57. The molecule has 0 aromatic heterocycles. The molecule has 3 nitrogen and oxygen atoms in total. The van der Waals surface area contributed by atoms with Gasteiger partial charge >= 0.3 is 0 Å². The summed E-state index contributed by atoms with van der Waals surface area (Å²) in [5, 5.41) is 2.88. The van der Waals surface area contributed by atoms with Crippen LogP contribution in [0.3, 0.4) is 0 Å². The van der Waals surface area contributed by atoms with Crippen molar-refractivity contribution in [3.8, 4) is 0 Å². The summed E-state index contributed by atoms with van der Waals surface area (Å²) in [7, 11) is 3.69. The van der Waals surface area contributed by atoms with Crippen molar-refractivity contribution in [3.63, 3.8) is 0 Å². The Labute approximate surface area is 49.7 Å². The molecule has 0 fully saturated rings. The smallest absolute Gasteiger partial charge is 0.144 e. The fourth-order valence-corrected chi connectivity index (χ4v) is 0.534. The molecule has 0 heterocycles. The minimum atomic E-state index is -0.144. The zero-order valence-corrected chi connectivity index (χ0v) is 5.59. The van der Waals surface area contributed by atoms with E-state index in [1.165, 1.54) is 0 Å². The molecule has 1 atom stereocenters. The van der Waals surface area contributed by atoms with Crippen LogP contribution in [0.1, 0.15) is 13.3 Å². The first-order chi connectivity index (χ1) is 3.72. The third-order valence-electron chi connectivity index (χ3n) is 1.08. The lowest BCUT2D eigenvalue weighted by molar-refractivity contribution is 0.293. The normalized spacial score (nSPS) is 14.0. The molecule has 0 N–H and O–H groups in total. The van der Waals surface area contributed by atoms with Crippen molar-refractivity contribution in [3.05, 3.63) is 4.91 Å². The summed E-state index contributed by atoms with van der Waals surface area (Å²) in [6.45, 7) is 1.94. The summed E-state index contributed by atoms with van der Waals surface area (Å²) >= 11 is 0. The van der Waals surface area contributed by atoms with E-state index in [0.29, 0.717) is 0 Å². The minimum absolute atomic E-state index is 0.144. The molecule has 0 aliphatic rings. The van der Waals surface area contributed by atoms with Crippen LogP contribution >= 0.6 is 0 Å². The third kappa shape index (κ3) is 2.02. The van der Waals surface area contributed by atoms with Crippen molar-refractivity contribution in [2.24, 2.45) is 5.18 Å². The van der Waals surface area contributed by atoms with Crippen molar-refractivity contribution in [1.29, 1.82) is 0 Å². The van der Waals surface area contributed by atoms with Gasteiger partial charge in [-0.05, 0) is 20.5 Å². The maximum absolute atomic E-state index is 9.89. The predicted molar refractivity (Wildman–Crippen MR) is 33.6 cm³/mol. The highest BCUT2D eigenvalue weighted by Gasteiger charge is 2.05. The molecule has 0 aromatic rings. The van der Waals surface area contributed by atoms with Crippen LogP contribution in [0.5, 0.6) is 0 Å². The van der Waals surface area contributed by atoms with Crippen LogP contribution in [0.25, 0.3) is 0 Å². The van der Waals surface area contributed by atoms with Gasteiger partial charge in [0.1, 0.15) is 6.17 Å². The molecule has 48 valence electrons. The first-order valence-electron chi connectivity index (χ1n) is 2.71. The van der Waals surface area contributed by atoms with Crippen molar-refractivity contribution in [2.45, 2.75) is 19.5 Å². The molecule has 3 heteroatoms. The lowest BCUT2D eigenvalue weighted by atomic mass is 10.4. The zero-order valence-electron chi connectivity index (χ0n) is 5.59. The van der Waals surface area contributed by atoms with Crippen LogP contribution in [0.4, 0.5) is 0 Å². The Morgan fingerprint density at radius 2 is 2.12 bits per heavy atom. The first kappa shape index (κ1) is 7.56. The predicted octanol–water partition coefficient (Wildman–Crippen LogP) is 1.05. The highest BCUT2D eigenvalue weighted by Crippen LogP contribution is 1.97. The second-order valence-corrected chi connectivity index (χ2v) is 1.96. The van der Waals surface area contributed by atoms with E-state index in [1.54, 1.807) is 4.90 Å². The van der Waals surface area contributed by atoms with Crippen LogP contribution in [-0.2, 0) is 0 Å². The van der Waals surface area contributed by atoms with Gasteiger partial charge in [-0.1, -0.05) is 12.1 Å². The third-order valence-corrected chi connectivity index (χ3v) is 1.08. The molecule has 0 aromatic carbocycles. The summed E-state index contributed by atoms with van der Waals surface area (Å²) in [6.07, 6.45) is 0.645. The van der Waals surface area contributed by atoms with E-state index in [4.69, 9.17) is 0 Å². The van der Waals surface area contributed by atoms with E-state index in [0.717, 1.165) is 6.42 Å². The number of rotatable bonds is 3. The largest absolute Gasteiger partial charge is 0.285 e. The van der Waals surface area contributed by atoms with Gasteiger partial charge in [0, 0.05) is 0 Å². The van der Waals surface area contributed by atoms with E-state index in [-0.39, 0.29) is 6.17 Å². The Kier molecular flexibility index (Phi) is 3.35. The molecule has 0 saturated carbocycles. The molecule has 0 aliphatic heterocycles. The van der Waals surface area contributed by atoms with Gasteiger partial charge in [0.2, 0.25) is 0 Å². The number of hydrogen-bond acceptors (Lipinski definition) is 3. The molecule has 0 rings (SSSR count). The molecule has 0 aliphatic carbocycles. The quantitative estimate of drug-likeness (QED) is 0.516. The minimum Gasteiger partial charge on any atom is -0.285 e. The molecular weight excluding hydrogens is 104 g/mol. The SMILES string of the molecule is CCC(N=O)N(C)C.